The van der Waals surface area contributed by atoms with Crippen LogP contribution in [0.1, 0.15) is 13.3 Å². The van der Waals surface area contributed by atoms with E-state index in [-0.39, 0.29) is 23.9 Å². The van der Waals surface area contributed by atoms with Crippen LogP contribution in [0.4, 0.5) is 8.78 Å². The molecule has 9 heteroatoms. The molecular formula is C19H17F2N5O2. The first-order chi connectivity index (χ1) is 13.5. The lowest BCUT2D eigenvalue weighted by atomic mass is 10.2. The summed E-state index contributed by atoms with van der Waals surface area (Å²) in [6.45, 7) is 5.39. The Bertz CT molecular complexity index is 1040. The van der Waals surface area contributed by atoms with Gasteiger partial charge in [-0.05, 0) is 25.5 Å². The molecule has 144 valence electrons. The monoisotopic (exact) mass is 385 g/mol. The predicted molar refractivity (Wildman–Crippen MR) is 98.1 cm³/mol. The van der Waals surface area contributed by atoms with Crippen molar-refractivity contribution in [3.63, 3.8) is 0 Å². The number of halogens is 2. The van der Waals surface area contributed by atoms with Gasteiger partial charge in [0.1, 0.15) is 23.5 Å². The number of aromatic nitrogens is 5. The van der Waals surface area contributed by atoms with Crippen molar-refractivity contribution in [3.8, 4) is 28.8 Å². The first-order valence-corrected chi connectivity index (χ1v) is 8.36. The van der Waals surface area contributed by atoms with E-state index in [1.807, 2.05) is 0 Å². The summed E-state index contributed by atoms with van der Waals surface area (Å²) in [6.07, 6.45) is 7.30. The molecule has 0 aliphatic rings. The minimum Gasteiger partial charge on any atom is -0.491 e. The van der Waals surface area contributed by atoms with Gasteiger partial charge in [-0.1, -0.05) is 17.3 Å². The van der Waals surface area contributed by atoms with Crippen molar-refractivity contribution < 1.29 is 18.4 Å². The molecule has 3 heterocycles. The van der Waals surface area contributed by atoms with E-state index < -0.39 is 11.7 Å². The number of allylic oxidation sites excluding steroid dienone is 5. The van der Waals surface area contributed by atoms with Gasteiger partial charge in [-0.15, -0.1) is 6.58 Å². The first-order valence-electron chi connectivity index (χ1n) is 8.36. The third-order valence-corrected chi connectivity index (χ3v) is 3.87. The Morgan fingerprint density at radius 1 is 1.39 bits per heavy atom. The highest BCUT2D eigenvalue weighted by atomic mass is 19.1. The summed E-state index contributed by atoms with van der Waals surface area (Å²) in [7, 11) is 0. The Balaban J connectivity index is 2.03. The fourth-order valence-corrected chi connectivity index (χ4v) is 2.46. The van der Waals surface area contributed by atoms with Crippen LogP contribution in [0.3, 0.4) is 0 Å². The van der Waals surface area contributed by atoms with Gasteiger partial charge in [-0.3, -0.25) is 4.68 Å². The molecule has 7 nitrogen and oxygen atoms in total. The summed E-state index contributed by atoms with van der Waals surface area (Å²) in [6, 6.07) is 3.22. The maximum Gasteiger partial charge on any atom is 0.251 e. The quantitative estimate of drug-likeness (QED) is 0.484. The lowest BCUT2D eigenvalue weighted by Crippen LogP contribution is -2.06. The molecule has 28 heavy (non-hydrogen) atoms. The fourth-order valence-electron chi connectivity index (χ4n) is 2.46. The minimum absolute atomic E-state index is 0.0205. The summed E-state index contributed by atoms with van der Waals surface area (Å²) in [5.74, 6) is -2.09. The maximum absolute atomic E-state index is 14.4. The molecule has 0 bridgehead atoms. The second-order valence-electron chi connectivity index (χ2n) is 5.71. The molecule has 0 atom stereocenters. The zero-order valence-electron chi connectivity index (χ0n) is 15.0. The Hall–Kier alpha value is -3.62. The molecule has 0 amide bonds. The molecule has 3 aromatic heterocycles. The van der Waals surface area contributed by atoms with Gasteiger partial charge in [0, 0.05) is 11.6 Å². The molecule has 0 fully saturated rings. The van der Waals surface area contributed by atoms with E-state index in [1.54, 1.807) is 31.2 Å². The van der Waals surface area contributed by atoms with Crippen molar-refractivity contribution in [3.05, 3.63) is 66.6 Å². The summed E-state index contributed by atoms with van der Waals surface area (Å²) in [5, 5.41) is 17.8. The zero-order chi connectivity index (χ0) is 20.1. The van der Waals surface area contributed by atoms with Crippen LogP contribution in [-0.4, -0.2) is 30.0 Å². The summed E-state index contributed by atoms with van der Waals surface area (Å²) < 4.78 is 34.0. The molecule has 0 spiro atoms. The second kappa shape index (κ2) is 8.38. The number of nitrogens with zero attached hydrogens (tertiary/aromatic N) is 5. The highest BCUT2D eigenvalue weighted by Gasteiger charge is 2.18. The van der Waals surface area contributed by atoms with Crippen molar-refractivity contribution in [2.24, 2.45) is 0 Å². The largest absolute Gasteiger partial charge is 0.491 e. The standard InChI is InChI=1S/C19H17F2N5O2/c1-3-5-6-13(20)12(4-2)11-26-17(15-7-8-28-25-15)9-16(24-26)18-22-10-14(21)19(27)23-18/h3-4,6-10H,1,5,11H2,2H3,(H,22,23,27)/b12-4-,13-6+. The van der Waals surface area contributed by atoms with Crippen LogP contribution >= 0.6 is 0 Å². The average Bonchev–Trinajstić information content (AvgIpc) is 3.35. The van der Waals surface area contributed by atoms with Gasteiger partial charge in [-0.25, -0.2) is 9.37 Å². The second-order valence-corrected chi connectivity index (χ2v) is 5.71. The predicted octanol–water partition coefficient (Wildman–Crippen LogP) is 4.22. The molecule has 0 saturated carbocycles. The molecular weight excluding hydrogens is 368 g/mol. The lowest BCUT2D eigenvalue weighted by molar-refractivity contribution is 0.409. The van der Waals surface area contributed by atoms with Gasteiger partial charge in [0.05, 0.1) is 18.4 Å². The van der Waals surface area contributed by atoms with Gasteiger partial charge < -0.3 is 9.63 Å². The highest BCUT2D eigenvalue weighted by Crippen LogP contribution is 2.26. The molecule has 3 aromatic rings. The molecule has 3 rings (SSSR count). The number of hydrogen-bond acceptors (Lipinski definition) is 6. The van der Waals surface area contributed by atoms with E-state index >= 15 is 0 Å². The van der Waals surface area contributed by atoms with Crippen LogP contribution in [0.2, 0.25) is 0 Å². The van der Waals surface area contributed by atoms with Crippen LogP contribution in [0.15, 0.2) is 65.3 Å². The molecule has 1 N–H and O–H groups in total. The van der Waals surface area contributed by atoms with E-state index in [4.69, 9.17) is 4.52 Å². The Labute approximate surface area is 159 Å². The van der Waals surface area contributed by atoms with Crippen molar-refractivity contribution in [2.75, 3.05) is 0 Å². The van der Waals surface area contributed by atoms with E-state index in [0.29, 0.717) is 23.4 Å². The topological polar surface area (TPSA) is 89.9 Å². The molecule has 0 saturated heterocycles. The van der Waals surface area contributed by atoms with Crippen molar-refractivity contribution in [1.82, 2.24) is 24.9 Å². The SMILES string of the molecule is C=CC/C=C(F)\C(=C/C)Cn1nc(-c2ncc(F)c(O)n2)cc1-c1ccon1. The van der Waals surface area contributed by atoms with Gasteiger partial charge in [-0.2, -0.15) is 14.5 Å². The lowest BCUT2D eigenvalue weighted by Gasteiger charge is -2.08. The van der Waals surface area contributed by atoms with Gasteiger partial charge in [0.2, 0.25) is 5.82 Å². The number of aromatic hydroxyl groups is 1. The van der Waals surface area contributed by atoms with Crippen molar-refractivity contribution in [2.45, 2.75) is 19.9 Å². The van der Waals surface area contributed by atoms with Crippen LogP contribution in [0, 0.1) is 5.82 Å². The number of hydrogen-bond donors (Lipinski definition) is 1. The third-order valence-electron chi connectivity index (χ3n) is 3.87. The van der Waals surface area contributed by atoms with Crippen LogP contribution in [0.25, 0.3) is 22.9 Å². The van der Waals surface area contributed by atoms with Crippen LogP contribution < -0.4 is 0 Å². The van der Waals surface area contributed by atoms with E-state index in [9.17, 15) is 13.9 Å². The maximum atomic E-state index is 14.4. The Morgan fingerprint density at radius 3 is 2.86 bits per heavy atom. The first kappa shape index (κ1) is 19.2. The summed E-state index contributed by atoms with van der Waals surface area (Å²) in [4.78, 5) is 7.54. The summed E-state index contributed by atoms with van der Waals surface area (Å²) in [5.41, 5.74) is 1.66. The van der Waals surface area contributed by atoms with Gasteiger partial charge in [0.15, 0.2) is 5.82 Å². The molecule has 0 unspecified atom stereocenters. The van der Waals surface area contributed by atoms with Crippen molar-refractivity contribution >= 4 is 0 Å². The molecule has 0 aromatic carbocycles. The average molecular weight is 385 g/mol. The summed E-state index contributed by atoms with van der Waals surface area (Å²) >= 11 is 0. The smallest absolute Gasteiger partial charge is 0.251 e. The zero-order valence-corrected chi connectivity index (χ0v) is 15.0. The third kappa shape index (κ3) is 4.03. The molecule has 0 aliphatic heterocycles. The minimum atomic E-state index is -0.939. The van der Waals surface area contributed by atoms with E-state index in [0.717, 1.165) is 6.20 Å². The highest BCUT2D eigenvalue weighted by molar-refractivity contribution is 5.62. The van der Waals surface area contributed by atoms with Crippen molar-refractivity contribution in [1.29, 1.82) is 0 Å². The van der Waals surface area contributed by atoms with Crippen LogP contribution in [0.5, 0.6) is 5.88 Å². The van der Waals surface area contributed by atoms with Crippen LogP contribution in [-0.2, 0) is 6.54 Å². The molecule has 0 radical (unpaired) electrons. The van der Waals surface area contributed by atoms with Gasteiger partial charge in [0.25, 0.3) is 5.88 Å². The Morgan fingerprint density at radius 2 is 2.21 bits per heavy atom. The number of rotatable bonds is 7. The van der Waals surface area contributed by atoms with E-state index in [1.165, 1.54) is 17.0 Å². The van der Waals surface area contributed by atoms with E-state index in [2.05, 4.69) is 26.8 Å². The van der Waals surface area contributed by atoms with Gasteiger partial charge >= 0.3 is 0 Å². The Kier molecular flexibility index (Phi) is 5.73. The molecule has 0 aliphatic carbocycles. The fraction of sp³-hybridized carbons (Fsp3) is 0.158. The normalized spacial score (nSPS) is 12.4.